The van der Waals surface area contributed by atoms with Crippen molar-refractivity contribution in [1.29, 1.82) is 0 Å². The zero-order chi connectivity index (χ0) is 9.14. The smallest absolute Gasteiger partial charge is 0.339 e. The number of thiophene rings is 1. The Morgan fingerprint density at radius 1 is 1.75 bits per heavy atom. The van der Waals surface area contributed by atoms with Gasteiger partial charge in [0.1, 0.15) is 0 Å². The van der Waals surface area contributed by atoms with E-state index < -0.39 is 0 Å². The van der Waals surface area contributed by atoms with E-state index in [-0.39, 0.29) is 5.97 Å². The summed E-state index contributed by atoms with van der Waals surface area (Å²) in [4.78, 5) is 11.1. The zero-order valence-electron chi connectivity index (χ0n) is 7.09. The van der Waals surface area contributed by atoms with Gasteiger partial charge in [0.05, 0.1) is 17.7 Å². The monoisotopic (exact) mass is 185 g/mol. The molecule has 0 spiro atoms. The predicted molar refractivity (Wildman–Crippen MR) is 49.4 cm³/mol. The third-order valence-electron chi connectivity index (χ3n) is 1.69. The summed E-state index contributed by atoms with van der Waals surface area (Å²) in [6.45, 7) is 1.96. The van der Waals surface area contributed by atoms with Crippen LogP contribution in [0.2, 0.25) is 0 Å². The molecule has 0 aliphatic rings. The van der Waals surface area contributed by atoms with Crippen LogP contribution < -0.4 is 5.73 Å². The van der Waals surface area contributed by atoms with Crippen LogP contribution in [0.4, 0.5) is 5.00 Å². The topological polar surface area (TPSA) is 52.3 Å². The minimum absolute atomic E-state index is 0.306. The van der Waals surface area contributed by atoms with Gasteiger partial charge in [0.25, 0.3) is 0 Å². The van der Waals surface area contributed by atoms with Crippen LogP contribution in [0.5, 0.6) is 0 Å². The van der Waals surface area contributed by atoms with Gasteiger partial charge in [-0.15, -0.1) is 11.3 Å². The molecule has 0 amide bonds. The lowest BCUT2D eigenvalue weighted by Gasteiger charge is -1.99. The molecule has 0 unspecified atom stereocenters. The standard InChI is InChI=1S/C8H11NO2S/c1-3-5-6(8(10)11-2)4-12-7(5)9/h4H,3,9H2,1-2H3. The quantitative estimate of drug-likeness (QED) is 0.713. The molecule has 1 aromatic rings. The van der Waals surface area contributed by atoms with Crippen LogP contribution in [0.1, 0.15) is 22.8 Å². The van der Waals surface area contributed by atoms with Crippen LogP contribution in [0.3, 0.4) is 0 Å². The van der Waals surface area contributed by atoms with E-state index in [1.54, 1.807) is 5.38 Å². The number of methoxy groups -OCH3 is 1. The molecule has 0 aromatic carbocycles. The molecule has 0 aliphatic heterocycles. The van der Waals surface area contributed by atoms with E-state index in [9.17, 15) is 4.79 Å². The summed E-state index contributed by atoms with van der Waals surface area (Å²) in [5.74, 6) is -0.306. The molecule has 0 atom stereocenters. The Morgan fingerprint density at radius 2 is 2.42 bits per heavy atom. The molecular formula is C8H11NO2S. The highest BCUT2D eigenvalue weighted by molar-refractivity contribution is 7.14. The lowest BCUT2D eigenvalue weighted by Crippen LogP contribution is -2.03. The number of hydrogen-bond donors (Lipinski definition) is 1. The van der Waals surface area contributed by atoms with Crippen LogP contribution in [0.25, 0.3) is 0 Å². The van der Waals surface area contributed by atoms with Crippen molar-refractivity contribution >= 4 is 22.3 Å². The van der Waals surface area contributed by atoms with Crippen LogP contribution in [0.15, 0.2) is 5.38 Å². The van der Waals surface area contributed by atoms with E-state index in [4.69, 9.17) is 5.73 Å². The van der Waals surface area contributed by atoms with Crippen molar-refractivity contribution < 1.29 is 9.53 Å². The Balaban J connectivity index is 3.07. The molecule has 3 nitrogen and oxygen atoms in total. The molecule has 0 fully saturated rings. The summed E-state index contributed by atoms with van der Waals surface area (Å²) in [5.41, 5.74) is 7.15. The summed E-state index contributed by atoms with van der Waals surface area (Å²) in [6.07, 6.45) is 0.764. The van der Waals surface area contributed by atoms with Gasteiger partial charge in [0.15, 0.2) is 0 Å². The summed E-state index contributed by atoms with van der Waals surface area (Å²) in [7, 11) is 1.37. The van der Waals surface area contributed by atoms with Crippen molar-refractivity contribution in [3.8, 4) is 0 Å². The van der Waals surface area contributed by atoms with Gasteiger partial charge in [0, 0.05) is 10.9 Å². The number of nitrogens with two attached hydrogens (primary N) is 1. The van der Waals surface area contributed by atoms with Gasteiger partial charge in [-0.25, -0.2) is 4.79 Å². The maximum atomic E-state index is 11.1. The van der Waals surface area contributed by atoms with E-state index in [1.807, 2.05) is 6.92 Å². The van der Waals surface area contributed by atoms with Gasteiger partial charge in [-0.1, -0.05) is 6.92 Å². The first-order valence-electron chi connectivity index (χ1n) is 3.64. The lowest BCUT2D eigenvalue weighted by atomic mass is 10.1. The number of ether oxygens (including phenoxy) is 1. The molecule has 1 heterocycles. The number of anilines is 1. The maximum Gasteiger partial charge on any atom is 0.339 e. The van der Waals surface area contributed by atoms with E-state index in [2.05, 4.69) is 4.74 Å². The Morgan fingerprint density at radius 3 is 2.92 bits per heavy atom. The first-order valence-corrected chi connectivity index (χ1v) is 4.52. The first-order chi connectivity index (χ1) is 5.70. The van der Waals surface area contributed by atoms with Gasteiger partial charge in [-0.2, -0.15) is 0 Å². The number of hydrogen-bond acceptors (Lipinski definition) is 4. The molecule has 12 heavy (non-hydrogen) atoms. The summed E-state index contributed by atoms with van der Waals surface area (Å²) in [6, 6.07) is 0. The largest absolute Gasteiger partial charge is 0.465 e. The molecular weight excluding hydrogens is 174 g/mol. The van der Waals surface area contributed by atoms with Gasteiger partial charge >= 0.3 is 5.97 Å². The van der Waals surface area contributed by atoms with Crippen LogP contribution in [-0.2, 0) is 11.2 Å². The Hall–Kier alpha value is -1.03. The maximum absolute atomic E-state index is 11.1. The van der Waals surface area contributed by atoms with Crippen molar-refractivity contribution in [2.45, 2.75) is 13.3 Å². The minimum Gasteiger partial charge on any atom is -0.465 e. The van der Waals surface area contributed by atoms with E-state index in [0.29, 0.717) is 10.6 Å². The molecule has 0 bridgehead atoms. The van der Waals surface area contributed by atoms with Crippen LogP contribution >= 0.6 is 11.3 Å². The second kappa shape index (κ2) is 3.58. The predicted octanol–water partition coefficient (Wildman–Crippen LogP) is 1.68. The molecule has 1 aromatic heterocycles. The average Bonchev–Trinajstić information content (AvgIpc) is 2.45. The second-order valence-electron chi connectivity index (χ2n) is 2.34. The fraction of sp³-hybridized carbons (Fsp3) is 0.375. The Kier molecular flexibility index (Phi) is 2.70. The zero-order valence-corrected chi connectivity index (χ0v) is 7.90. The SMILES string of the molecule is CCc1c(C(=O)OC)csc1N. The summed E-state index contributed by atoms with van der Waals surface area (Å²) in [5, 5.41) is 2.44. The Labute approximate surface area is 75.1 Å². The molecule has 66 valence electrons. The average molecular weight is 185 g/mol. The highest BCUT2D eigenvalue weighted by Gasteiger charge is 2.14. The number of nitrogen functional groups attached to an aromatic ring is 1. The van der Waals surface area contributed by atoms with Crippen molar-refractivity contribution in [2.75, 3.05) is 12.8 Å². The molecule has 1 rings (SSSR count). The van der Waals surface area contributed by atoms with Crippen molar-refractivity contribution in [1.82, 2.24) is 0 Å². The van der Waals surface area contributed by atoms with Gasteiger partial charge in [-0.3, -0.25) is 0 Å². The lowest BCUT2D eigenvalue weighted by molar-refractivity contribution is 0.0600. The molecule has 0 saturated carbocycles. The number of rotatable bonds is 2. The van der Waals surface area contributed by atoms with E-state index >= 15 is 0 Å². The van der Waals surface area contributed by atoms with Crippen LogP contribution in [0, 0.1) is 0 Å². The van der Waals surface area contributed by atoms with Gasteiger partial charge in [-0.05, 0) is 6.42 Å². The fourth-order valence-corrected chi connectivity index (χ4v) is 1.92. The highest BCUT2D eigenvalue weighted by atomic mass is 32.1. The second-order valence-corrected chi connectivity index (χ2v) is 3.25. The molecule has 2 N–H and O–H groups in total. The number of carbonyl (C=O) groups is 1. The molecule has 0 saturated heterocycles. The number of esters is 1. The van der Waals surface area contributed by atoms with Gasteiger partial charge < -0.3 is 10.5 Å². The molecule has 4 heteroatoms. The third-order valence-corrected chi connectivity index (χ3v) is 2.54. The summed E-state index contributed by atoms with van der Waals surface area (Å²) < 4.78 is 4.60. The minimum atomic E-state index is -0.306. The fourth-order valence-electron chi connectivity index (χ4n) is 1.04. The van der Waals surface area contributed by atoms with Gasteiger partial charge in [0.2, 0.25) is 0 Å². The van der Waals surface area contributed by atoms with E-state index in [0.717, 1.165) is 12.0 Å². The Bertz CT molecular complexity index is 293. The van der Waals surface area contributed by atoms with Crippen molar-refractivity contribution in [3.05, 3.63) is 16.5 Å². The molecule has 0 radical (unpaired) electrons. The summed E-state index contributed by atoms with van der Waals surface area (Å²) >= 11 is 1.38. The van der Waals surface area contributed by atoms with Crippen molar-refractivity contribution in [2.24, 2.45) is 0 Å². The van der Waals surface area contributed by atoms with Crippen LogP contribution in [-0.4, -0.2) is 13.1 Å². The highest BCUT2D eigenvalue weighted by Crippen LogP contribution is 2.25. The normalized spacial score (nSPS) is 9.83. The van der Waals surface area contributed by atoms with E-state index in [1.165, 1.54) is 18.4 Å². The molecule has 0 aliphatic carbocycles. The van der Waals surface area contributed by atoms with Crippen molar-refractivity contribution in [3.63, 3.8) is 0 Å². The third kappa shape index (κ3) is 1.43. The first kappa shape index (κ1) is 9.06. The number of carbonyl (C=O) groups excluding carboxylic acids is 1.